The molecule has 0 radical (unpaired) electrons. The van der Waals surface area contributed by atoms with Gasteiger partial charge in [0.2, 0.25) is 0 Å². The lowest BCUT2D eigenvalue weighted by atomic mass is 9.93. The van der Waals surface area contributed by atoms with Crippen LogP contribution in [0.3, 0.4) is 0 Å². The van der Waals surface area contributed by atoms with Crippen LogP contribution in [0.5, 0.6) is 0 Å². The molecule has 0 spiro atoms. The van der Waals surface area contributed by atoms with E-state index in [-0.39, 0.29) is 5.82 Å². The minimum absolute atomic E-state index is 0.189. The fourth-order valence-electron chi connectivity index (χ4n) is 3.69. The van der Waals surface area contributed by atoms with Crippen molar-refractivity contribution in [1.82, 2.24) is 10.3 Å². The van der Waals surface area contributed by atoms with Crippen LogP contribution in [0, 0.1) is 5.92 Å². The van der Waals surface area contributed by atoms with E-state index in [4.69, 9.17) is 10.5 Å². The highest BCUT2D eigenvalue weighted by molar-refractivity contribution is 5.95. The number of benzene rings is 1. The smallest absolute Gasteiger partial charge is 0.341 e. The van der Waals surface area contributed by atoms with Gasteiger partial charge in [0.1, 0.15) is 11.4 Å². The quantitative estimate of drug-likeness (QED) is 0.848. The summed E-state index contributed by atoms with van der Waals surface area (Å²) in [5.74, 6) is 0.511. The number of hydrogen-bond acceptors (Lipinski definition) is 5. The van der Waals surface area contributed by atoms with E-state index in [0.29, 0.717) is 11.0 Å². The van der Waals surface area contributed by atoms with E-state index in [1.54, 1.807) is 12.3 Å². The van der Waals surface area contributed by atoms with Crippen LogP contribution in [0.2, 0.25) is 0 Å². The summed E-state index contributed by atoms with van der Waals surface area (Å²) in [6.45, 7) is 2.21. The average Bonchev–Trinajstić information content (AvgIpc) is 3.16. The molecule has 1 aromatic heterocycles. The number of rotatable bonds is 3. The molecule has 2 aliphatic rings. The number of nitrogens with two attached hydrogens (primary N) is 1. The number of ether oxygens (including phenoxy) is 1. The fraction of sp³-hybridized carbons (Fsp3) is 0.333. The molecule has 0 unspecified atom stereocenters. The predicted octanol–water partition coefficient (Wildman–Crippen LogP) is 1.98. The van der Waals surface area contributed by atoms with Crippen LogP contribution in [-0.4, -0.2) is 31.2 Å². The number of anilines is 1. The van der Waals surface area contributed by atoms with Crippen LogP contribution in [0.15, 0.2) is 36.5 Å². The molecule has 1 aliphatic carbocycles. The number of methoxy groups -OCH3 is 1. The summed E-state index contributed by atoms with van der Waals surface area (Å²) < 4.78 is 4.75. The lowest BCUT2D eigenvalue weighted by Gasteiger charge is -2.13. The number of pyridine rings is 1. The van der Waals surface area contributed by atoms with E-state index in [0.717, 1.165) is 30.1 Å². The highest BCUT2D eigenvalue weighted by Crippen LogP contribution is 2.56. The Morgan fingerprint density at radius 2 is 2.13 bits per heavy atom. The maximum atomic E-state index is 11.7. The molecule has 2 heterocycles. The molecule has 1 aromatic carbocycles. The molecular formula is C18H19N3O2. The fourth-order valence-corrected chi connectivity index (χ4v) is 3.69. The summed E-state index contributed by atoms with van der Waals surface area (Å²) in [5.41, 5.74) is 9.69. The number of nitrogens with zero attached hydrogens (tertiary/aromatic N) is 1. The van der Waals surface area contributed by atoms with Crippen molar-refractivity contribution in [3.8, 4) is 11.1 Å². The summed E-state index contributed by atoms with van der Waals surface area (Å²) in [7, 11) is 1.34. The minimum Gasteiger partial charge on any atom is -0.465 e. The van der Waals surface area contributed by atoms with Crippen LogP contribution >= 0.6 is 0 Å². The first kappa shape index (κ1) is 14.2. The summed E-state index contributed by atoms with van der Waals surface area (Å²) in [4.78, 5) is 15.9. The lowest BCUT2D eigenvalue weighted by molar-refractivity contribution is 0.0601. The van der Waals surface area contributed by atoms with Crippen molar-refractivity contribution in [2.75, 3.05) is 25.9 Å². The highest BCUT2D eigenvalue weighted by atomic mass is 16.5. The molecule has 2 atom stereocenters. The Bertz CT molecular complexity index is 772. The zero-order valence-electron chi connectivity index (χ0n) is 13.0. The molecule has 4 rings (SSSR count). The molecule has 1 aliphatic heterocycles. The molecular weight excluding hydrogens is 290 g/mol. The maximum Gasteiger partial charge on any atom is 0.341 e. The van der Waals surface area contributed by atoms with Crippen molar-refractivity contribution in [3.63, 3.8) is 0 Å². The van der Waals surface area contributed by atoms with Crippen LogP contribution in [0.25, 0.3) is 11.1 Å². The molecule has 1 saturated heterocycles. The number of esters is 1. The van der Waals surface area contributed by atoms with Gasteiger partial charge in [-0.05, 0) is 36.1 Å². The van der Waals surface area contributed by atoms with E-state index in [1.807, 2.05) is 0 Å². The number of hydrogen-bond donors (Lipinski definition) is 2. The van der Waals surface area contributed by atoms with Gasteiger partial charge in [-0.2, -0.15) is 0 Å². The standard InChI is InChI=1S/C18H19N3O2/c1-23-17(22)15-6-12(8-21-16(15)19)11-2-4-13(5-3-11)18-7-14(18)9-20-10-18/h2-6,8,14,20H,7,9-10H2,1H3,(H2,19,21)/t14-,18+/m0/s1. The zero-order chi connectivity index (χ0) is 16.0. The molecule has 2 fully saturated rings. The number of fused-ring (bicyclic) bond motifs is 1. The van der Waals surface area contributed by atoms with E-state index in [2.05, 4.69) is 34.6 Å². The van der Waals surface area contributed by atoms with Gasteiger partial charge >= 0.3 is 5.97 Å². The molecule has 3 N–H and O–H groups in total. The van der Waals surface area contributed by atoms with Crippen molar-refractivity contribution in [2.45, 2.75) is 11.8 Å². The maximum absolute atomic E-state index is 11.7. The number of carbonyl (C=O) groups is 1. The van der Waals surface area contributed by atoms with Crippen LogP contribution in [-0.2, 0) is 10.2 Å². The second-order valence-electron chi connectivity index (χ2n) is 6.41. The number of nitrogen functional groups attached to an aromatic ring is 1. The molecule has 0 amide bonds. The monoisotopic (exact) mass is 309 g/mol. The summed E-state index contributed by atoms with van der Waals surface area (Å²) in [6.07, 6.45) is 2.97. The topological polar surface area (TPSA) is 77.2 Å². The zero-order valence-corrected chi connectivity index (χ0v) is 13.0. The molecule has 5 heteroatoms. The Morgan fingerprint density at radius 3 is 2.74 bits per heavy atom. The van der Waals surface area contributed by atoms with Gasteiger partial charge in [0.05, 0.1) is 7.11 Å². The predicted molar refractivity (Wildman–Crippen MR) is 88.1 cm³/mol. The molecule has 118 valence electrons. The van der Waals surface area contributed by atoms with Crippen molar-refractivity contribution in [2.24, 2.45) is 5.92 Å². The third-order valence-corrected chi connectivity index (χ3v) is 5.18. The molecule has 23 heavy (non-hydrogen) atoms. The largest absolute Gasteiger partial charge is 0.465 e. The normalized spacial score (nSPS) is 25.0. The Hall–Kier alpha value is -2.40. The number of carbonyl (C=O) groups excluding carboxylic acids is 1. The van der Waals surface area contributed by atoms with Crippen molar-refractivity contribution >= 4 is 11.8 Å². The van der Waals surface area contributed by atoms with E-state index < -0.39 is 5.97 Å². The first-order valence-corrected chi connectivity index (χ1v) is 7.79. The van der Waals surface area contributed by atoms with Crippen LogP contribution in [0.4, 0.5) is 5.82 Å². The van der Waals surface area contributed by atoms with Crippen LogP contribution in [0.1, 0.15) is 22.3 Å². The van der Waals surface area contributed by atoms with Crippen molar-refractivity contribution < 1.29 is 9.53 Å². The highest BCUT2D eigenvalue weighted by Gasteiger charge is 2.57. The number of nitrogens with one attached hydrogen (secondary N) is 1. The molecule has 0 bridgehead atoms. The first-order valence-electron chi connectivity index (χ1n) is 7.79. The second-order valence-corrected chi connectivity index (χ2v) is 6.41. The Labute approximate surface area is 134 Å². The van der Waals surface area contributed by atoms with Gasteiger partial charge in [-0.15, -0.1) is 0 Å². The van der Waals surface area contributed by atoms with Gasteiger partial charge in [-0.25, -0.2) is 9.78 Å². The molecule has 1 saturated carbocycles. The first-order chi connectivity index (χ1) is 11.1. The Morgan fingerprint density at radius 1 is 1.35 bits per heavy atom. The van der Waals surface area contributed by atoms with E-state index in [9.17, 15) is 4.79 Å². The summed E-state index contributed by atoms with van der Waals surface area (Å²) in [5, 5.41) is 3.46. The van der Waals surface area contributed by atoms with E-state index >= 15 is 0 Å². The second kappa shape index (κ2) is 5.06. The third-order valence-electron chi connectivity index (χ3n) is 5.18. The van der Waals surface area contributed by atoms with Crippen molar-refractivity contribution in [1.29, 1.82) is 0 Å². The summed E-state index contributed by atoms with van der Waals surface area (Å²) in [6, 6.07) is 10.3. The van der Waals surface area contributed by atoms with Gasteiger partial charge in [0.15, 0.2) is 0 Å². The van der Waals surface area contributed by atoms with Gasteiger partial charge < -0.3 is 15.8 Å². The van der Waals surface area contributed by atoms with Gasteiger partial charge in [-0.1, -0.05) is 24.3 Å². The van der Waals surface area contributed by atoms with E-state index in [1.165, 1.54) is 19.1 Å². The number of piperidine rings is 1. The van der Waals surface area contributed by atoms with Gasteiger partial charge in [0.25, 0.3) is 0 Å². The molecule has 2 aromatic rings. The summed E-state index contributed by atoms with van der Waals surface area (Å²) >= 11 is 0. The third kappa shape index (κ3) is 2.19. The SMILES string of the molecule is COC(=O)c1cc(-c2ccc([C@@]34CNC[C@@H]3C4)cc2)cnc1N. The minimum atomic E-state index is -0.467. The van der Waals surface area contributed by atoms with Crippen molar-refractivity contribution in [3.05, 3.63) is 47.7 Å². The Balaban J connectivity index is 1.65. The van der Waals surface area contributed by atoms with Gasteiger partial charge in [-0.3, -0.25) is 0 Å². The average molecular weight is 309 g/mol. The Kier molecular flexibility index (Phi) is 3.13. The van der Waals surface area contributed by atoms with Gasteiger partial charge in [0, 0.05) is 23.7 Å². The number of aromatic nitrogens is 1. The van der Waals surface area contributed by atoms with Crippen LogP contribution < -0.4 is 11.1 Å². The molecule has 5 nitrogen and oxygen atoms in total. The lowest BCUT2D eigenvalue weighted by Crippen LogP contribution is -2.19.